The Kier molecular flexibility index (Phi) is 5.48. The van der Waals surface area contributed by atoms with Gasteiger partial charge in [0, 0.05) is 6.54 Å². The molecule has 0 spiro atoms. The summed E-state index contributed by atoms with van der Waals surface area (Å²) in [5, 5.41) is 3.64. The fourth-order valence-corrected chi connectivity index (χ4v) is 4.14. The van der Waals surface area contributed by atoms with Gasteiger partial charge in [0.25, 0.3) is 0 Å². The minimum absolute atomic E-state index is 0.0647. The molecular formula is C20H22BrNO3. The minimum Gasteiger partial charge on any atom is -0.367 e. The molecule has 4 nitrogen and oxygen atoms in total. The normalized spacial score (nSPS) is 31.2. The predicted octanol–water partition coefficient (Wildman–Crippen LogP) is 3.25. The lowest BCUT2D eigenvalue weighted by Gasteiger charge is -2.39. The van der Waals surface area contributed by atoms with Gasteiger partial charge in [0.2, 0.25) is 0 Å². The van der Waals surface area contributed by atoms with E-state index in [-0.39, 0.29) is 29.4 Å². The van der Waals surface area contributed by atoms with Gasteiger partial charge in [-0.25, -0.2) is 0 Å². The molecule has 2 aromatic rings. The van der Waals surface area contributed by atoms with Gasteiger partial charge in [-0.1, -0.05) is 76.6 Å². The van der Waals surface area contributed by atoms with Crippen LogP contribution in [0.5, 0.6) is 0 Å². The number of ether oxygens (including phenoxy) is 3. The predicted molar refractivity (Wildman–Crippen MR) is 99.4 cm³/mol. The molecule has 2 saturated heterocycles. The molecule has 2 aliphatic heterocycles. The number of benzene rings is 2. The number of halogens is 1. The summed E-state index contributed by atoms with van der Waals surface area (Å²) < 4.78 is 18.0. The van der Waals surface area contributed by atoms with Crippen LogP contribution in [0, 0.1) is 0 Å². The van der Waals surface area contributed by atoms with Crippen molar-refractivity contribution < 1.29 is 14.2 Å². The highest BCUT2D eigenvalue weighted by Gasteiger charge is 2.50. The number of rotatable bonds is 6. The zero-order valence-electron chi connectivity index (χ0n) is 13.9. The second kappa shape index (κ2) is 7.98. The van der Waals surface area contributed by atoms with Crippen molar-refractivity contribution in [3.8, 4) is 0 Å². The van der Waals surface area contributed by atoms with E-state index in [0.717, 1.165) is 12.1 Å². The topological polar surface area (TPSA) is 39.7 Å². The summed E-state index contributed by atoms with van der Waals surface area (Å²) in [7, 11) is 0. The van der Waals surface area contributed by atoms with Crippen LogP contribution >= 0.6 is 15.9 Å². The SMILES string of the molecule is Br[C@@H]1[C@@H](NCc2ccccc2)[C@@H](OCc2ccccc2)[C@@H]2OC[C@H]1O2. The number of nitrogens with one attached hydrogen (secondary N) is 1. The van der Waals surface area contributed by atoms with Crippen molar-refractivity contribution in [1.82, 2.24) is 5.32 Å². The first-order valence-corrected chi connectivity index (χ1v) is 9.57. The quantitative estimate of drug-likeness (QED) is 0.751. The van der Waals surface area contributed by atoms with Gasteiger partial charge in [0.1, 0.15) is 6.10 Å². The molecular weight excluding hydrogens is 382 g/mol. The summed E-state index contributed by atoms with van der Waals surface area (Å²) in [5.74, 6) is 0. The zero-order valence-corrected chi connectivity index (χ0v) is 15.5. The smallest absolute Gasteiger partial charge is 0.185 e. The molecule has 0 aliphatic carbocycles. The van der Waals surface area contributed by atoms with Crippen LogP contribution in [0.4, 0.5) is 0 Å². The number of fused-ring (bicyclic) bond motifs is 2. The Labute approximate surface area is 156 Å². The largest absolute Gasteiger partial charge is 0.367 e. The Hall–Kier alpha value is -1.24. The van der Waals surface area contributed by atoms with E-state index in [9.17, 15) is 0 Å². The minimum atomic E-state index is -0.309. The molecule has 0 aromatic heterocycles. The fraction of sp³-hybridized carbons (Fsp3) is 0.400. The summed E-state index contributed by atoms with van der Waals surface area (Å²) in [6, 6.07) is 20.7. The van der Waals surface area contributed by atoms with Crippen LogP contribution in [0.25, 0.3) is 0 Å². The Morgan fingerprint density at radius 3 is 2.40 bits per heavy atom. The summed E-state index contributed by atoms with van der Waals surface area (Å²) >= 11 is 3.80. The van der Waals surface area contributed by atoms with Crippen LogP contribution in [-0.2, 0) is 27.4 Å². The third-order valence-electron chi connectivity index (χ3n) is 4.72. The number of alkyl halides is 1. The number of hydrogen-bond donors (Lipinski definition) is 1. The van der Waals surface area contributed by atoms with E-state index >= 15 is 0 Å². The van der Waals surface area contributed by atoms with Crippen molar-refractivity contribution in [2.24, 2.45) is 0 Å². The average molecular weight is 404 g/mol. The highest BCUT2D eigenvalue weighted by molar-refractivity contribution is 9.09. The molecule has 5 atom stereocenters. The van der Waals surface area contributed by atoms with Crippen molar-refractivity contribution in [2.45, 2.75) is 42.5 Å². The molecule has 0 radical (unpaired) electrons. The molecule has 0 saturated carbocycles. The van der Waals surface area contributed by atoms with Crippen molar-refractivity contribution in [1.29, 1.82) is 0 Å². The van der Waals surface area contributed by atoms with Crippen molar-refractivity contribution in [2.75, 3.05) is 6.61 Å². The van der Waals surface area contributed by atoms with Crippen LogP contribution in [0.1, 0.15) is 11.1 Å². The van der Waals surface area contributed by atoms with E-state index in [1.165, 1.54) is 5.56 Å². The van der Waals surface area contributed by atoms with Crippen LogP contribution < -0.4 is 5.32 Å². The Morgan fingerprint density at radius 1 is 1.00 bits per heavy atom. The molecule has 5 heteroatoms. The molecule has 2 fully saturated rings. The van der Waals surface area contributed by atoms with Crippen molar-refractivity contribution in [3.63, 3.8) is 0 Å². The standard InChI is InChI=1S/C20H22BrNO3/c21-17-16-13-24-20(25-16)19(23-12-15-9-5-2-6-10-15)18(17)22-11-14-7-3-1-4-8-14/h1-10,16-20,22H,11-13H2/t16-,17+,18-,19-,20-/m1/s1. The van der Waals surface area contributed by atoms with Crippen molar-refractivity contribution in [3.05, 3.63) is 71.8 Å². The maximum Gasteiger partial charge on any atom is 0.185 e. The lowest BCUT2D eigenvalue weighted by atomic mass is 10.0. The van der Waals surface area contributed by atoms with E-state index in [4.69, 9.17) is 14.2 Å². The Morgan fingerprint density at radius 2 is 1.68 bits per heavy atom. The Balaban J connectivity index is 1.45. The van der Waals surface area contributed by atoms with Crippen LogP contribution in [0.2, 0.25) is 0 Å². The molecule has 0 unspecified atom stereocenters. The van der Waals surface area contributed by atoms with Gasteiger partial charge in [-0.05, 0) is 11.1 Å². The molecule has 2 aliphatic rings. The maximum absolute atomic E-state index is 6.23. The van der Waals surface area contributed by atoms with Gasteiger partial charge in [-0.3, -0.25) is 0 Å². The molecule has 25 heavy (non-hydrogen) atoms. The molecule has 2 aromatic carbocycles. The average Bonchev–Trinajstić information content (AvgIpc) is 3.11. The first-order valence-electron chi connectivity index (χ1n) is 8.65. The molecule has 4 rings (SSSR count). The van der Waals surface area contributed by atoms with Gasteiger partial charge in [0.05, 0.1) is 30.2 Å². The maximum atomic E-state index is 6.23. The molecule has 1 N–H and O–H groups in total. The lowest BCUT2D eigenvalue weighted by molar-refractivity contribution is -0.185. The molecule has 0 amide bonds. The van der Waals surface area contributed by atoms with Gasteiger partial charge in [-0.15, -0.1) is 0 Å². The number of hydrogen-bond acceptors (Lipinski definition) is 4. The summed E-state index contributed by atoms with van der Waals surface area (Å²) in [5.41, 5.74) is 2.40. The van der Waals surface area contributed by atoms with E-state index in [1.54, 1.807) is 0 Å². The highest BCUT2D eigenvalue weighted by atomic mass is 79.9. The van der Waals surface area contributed by atoms with Gasteiger partial charge in [0.15, 0.2) is 6.29 Å². The first-order chi connectivity index (χ1) is 12.3. The van der Waals surface area contributed by atoms with Crippen LogP contribution in [0.15, 0.2) is 60.7 Å². The van der Waals surface area contributed by atoms with Crippen LogP contribution in [-0.4, -0.2) is 36.0 Å². The zero-order chi connectivity index (χ0) is 17.1. The van der Waals surface area contributed by atoms with E-state index in [2.05, 4.69) is 57.6 Å². The highest BCUT2D eigenvalue weighted by Crippen LogP contribution is 2.34. The summed E-state index contributed by atoms with van der Waals surface area (Å²) in [6.45, 7) is 1.94. The second-order valence-corrected chi connectivity index (χ2v) is 7.53. The molecule has 132 valence electrons. The second-order valence-electron chi connectivity index (χ2n) is 6.47. The van der Waals surface area contributed by atoms with Gasteiger partial charge < -0.3 is 19.5 Å². The van der Waals surface area contributed by atoms with Gasteiger partial charge in [-0.2, -0.15) is 0 Å². The summed E-state index contributed by atoms with van der Waals surface area (Å²) in [6.07, 6.45) is -0.405. The van der Waals surface area contributed by atoms with Gasteiger partial charge >= 0.3 is 0 Å². The first kappa shape index (κ1) is 17.2. The van der Waals surface area contributed by atoms with E-state index in [0.29, 0.717) is 13.2 Å². The van der Waals surface area contributed by atoms with E-state index < -0.39 is 0 Å². The summed E-state index contributed by atoms with van der Waals surface area (Å²) in [4.78, 5) is 0.149. The molecule has 2 heterocycles. The van der Waals surface area contributed by atoms with Crippen LogP contribution in [0.3, 0.4) is 0 Å². The third kappa shape index (κ3) is 3.96. The van der Waals surface area contributed by atoms with E-state index in [1.807, 2.05) is 24.3 Å². The molecule has 2 bridgehead atoms. The monoisotopic (exact) mass is 403 g/mol. The lowest BCUT2D eigenvalue weighted by Crippen LogP contribution is -2.58. The Bertz CT molecular complexity index is 626. The third-order valence-corrected chi connectivity index (χ3v) is 5.88. The van der Waals surface area contributed by atoms with Crippen molar-refractivity contribution >= 4 is 15.9 Å². The fourth-order valence-electron chi connectivity index (χ4n) is 3.37.